The number of anilines is 1. The fourth-order valence-electron chi connectivity index (χ4n) is 3.31. The highest BCUT2D eigenvalue weighted by Crippen LogP contribution is 2.32. The summed E-state index contributed by atoms with van der Waals surface area (Å²) in [5, 5.41) is 3.09. The second-order valence-electron chi connectivity index (χ2n) is 6.68. The Morgan fingerprint density at radius 3 is 2.54 bits per heavy atom. The number of benzene rings is 2. The van der Waals surface area contributed by atoms with Gasteiger partial charge >= 0.3 is 0 Å². The predicted molar refractivity (Wildman–Crippen MR) is 104 cm³/mol. The molecule has 1 aliphatic carbocycles. The second-order valence-corrected chi connectivity index (χ2v) is 8.97. The summed E-state index contributed by atoms with van der Waals surface area (Å²) in [6, 6.07) is 13.0. The largest absolute Gasteiger partial charge is 0.345 e. The van der Waals surface area contributed by atoms with E-state index in [2.05, 4.69) is 30.4 Å². The van der Waals surface area contributed by atoms with Crippen LogP contribution in [-0.2, 0) is 16.4 Å². The average Bonchev–Trinajstić information content (AvgIpc) is 3.03. The molecule has 0 aliphatic heterocycles. The lowest BCUT2D eigenvalue weighted by Crippen LogP contribution is -2.29. The SMILES string of the molecule is CCS(=O)(=O)N(C)c1ccc(C(=O)N[C@H]2CCc3cc(C)ccc32)cc1. The Balaban J connectivity index is 1.72. The van der Waals surface area contributed by atoms with Crippen molar-refractivity contribution in [1.82, 2.24) is 5.32 Å². The monoisotopic (exact) mass is 372 g/mol. The van der Waals surface area contributed by atoms with Gasteiger partial charge in [-0.25, -0.2) is 8.42 Å². The van der Waals surface area contributed by atoms with E-state index in [0.29, 0.717) is 11.3 Å². The van der Waals surface area contributed by atoms with Crippen molar-refractivity contribution >= 4 is 21.6 Å². The molecule has 0 saturated heterocycles. The molecule has 0 heterocycles. The number of carbonyl (C=O) groups excluding carboxylic acids is 1. The van der Waals surface area contributed by atoms with Crippen molar-refractivity contribution in [2.24, 2.45) is 0 Å². The zero-order valence-corrected chi connectivity index (χ0v) is 16.1. The van der Waals surface area contributed by atoms with E-state index >= 15 is 0 Å². The van der Waals surface area contributed by atoms with Crippen LogP contribution in [0.2, 0.25) is 0 Å². The molecule has 0 unspecified atom stereocenters. The number of nitrogens with one attached hydrogen (secondary N) is 1. The number of fused-ring (bicyclic) bond motifs is 1. The van der Waals surface area contributed by atoms with E-state index < -0.39 is 10.0 Å². The van der Waals surface area contributed by atoms with Gasteiger partial charge in [0.05, 0.1) is 17.5 Å². The second kappa shape index (κ2) is 7.11. The number of rotatable bonds is 5. The minimum atomic E-state index is -3.31. The molecule has 2 aromatic rings. The molecule has 138 valence electrons. The first-order chi connectivity index (χ1) is 12.3. The molecule has 0 spiro atoms. The van der Waals surface area contributed by atoms with Gasteiger partial charge in [0.25, 0.3) is 5.91 Å². The lowest BCUT2D eigenvalue weighted by atomic mass is 10.1. The average molecular weight is 372 g/mol. The van der Waals surface area contributed by atoms with E-state index in [9.17, 15) is 13.2 Å². The molecular weight excluding hydrogens is 348 g/mol. The maximum atomic E-state index is 12.6. The van der Waals surface area contributed by atoms with Crippen LogP contribution >= 0.6 is 0 Å². The summed E-state index contributed by atoms with van der Waals surface area (Å²) in [5.41, 5.74) is 4.80. The molecule has 1 aliphatic rings. The lowest BCUT2D eigenvalue weighted by molar-refractivity contribution is 0.0936. The Morgan fingerprint density at radius 1 is 1.19 bits per heavy atom. The lowest BCUT2D eigenvalue weighted by Gasteiger charge is -2.19. The van der Waals surface area contributed by atoms with E-state index in [1.807, 2.05) is 0 Å². The first-order valence-electron chi connectivity index (χ1n) is 8.79. The van der Waals surface area contributed by atoms with E-state index in [-0.39, 0.29) is 17.7 Å². The summed E-state index contributed by atoms with van der Waals surface area (Å²) in [6.45, 7) is 3.68. The van der Waals surface area contributed by atoms with Crippen molar-refractivity contribution < 1.29 is 13.2 Å². The Kier molecular flexibility index (Phi) is 5.05. The van der Waals surface area contributed by atoms with Gasteiger partial charge < -0.3 is 5.32 Å². The van der Waals surface area contributed by atoms with Gasteiger partial charge in [-0.05, 0) is 62.1 Å². The molecule has 0 bridgehead atoms. The Labute approximate surface area is 155 Å². The first-order valence-corrected chi connectivity index (χ1v) is 10.4. The molecule has 26 heavy (non-hydrogen) atoms. The van der Waals surface area contributed by atoms with Gasteiger partial charge in [0.15, 0.2) is 0 Å². The topological polar surface area (TPSA) is 66.5 Å². The zero-order valence-electron chi connectivity index (χ0n) is 15.3. The van der Waals surface area contributed by atoms with Crippen LogP contribution in [0.1, 0.15) is 46.4 Å². The summed E-state index contributed by atoms with van der Waals surface area (Å²) >= 11 is 0. The Morgan fingerprint density at radius 2 is 1.88 bits per heavy atom. The Bertz CT molecular complexity index is 921. The molecule has 2 aromatic carbocycles. The summed E-state index contributed by atoms with van der Waals surface area (Å²) in [7, 11) is -1.79. The summed E-state index contributed by atoms with van der Waals surface area (Å²) in [4.78, 5) is 12.6. The van der Waals surface area contributed by atoms with Crippen molar-refractivity contribution in [3.8, 4) is 0 Å². The third-order valence-electron chi connectivity index (χ3n) is 4.96. The molecule has 1 amide bonds. The van der Waals surface area contributed by atoms with Crippen LogP contribution in [0.4, 0.5) is 5.69 Å². The molecule has 0 aromatic heterocycles. The molecule has 1 N–H and O–H groups in total. The van der Waals surface area contributed by atoms with Crippen LogP contribution in [0.25, 0.3) is 0 Å². The zero-order chi connectivity index (χ0) is 18.9. The van der Waals surface area contributed by atoms with Gasteiger partial charge in [0, 0.05) is 12.6 Å². The normalized spacial score (nSPS) is 16.2. The van der Waals surface area contributed by atoms with Crippen LogP contribution in [0.5, 0.6) is 0 Å². The van der Waals surface area contributed by atoms with Crippen molar-refractivity contribution in [3.05, 3.63) is 64.7 Å². The summed E-state index contributed by atoms with van der Waals surface area (Å²) in [6.07, 6.45) is 1.88. The third-order valence-corrected chi connectivity index (χ3v) is 6.73. The van der Waals surface area contributed by atoms with Gasteiger partial charge in [0.1, 0.15) is 0 Å². The summed E-state index contributed by atoms with van der Waals surface area (Å²) < 4.78 is 25.1. The number of nitrogens with zero attached hydrogens (tertiary/aromatic N) is 1. The van der Waals surface area contributed by atoms with E-state index in [4.69, 9.17) is 0 Å². The van der Waals surface area contributed by atoms with Gasteiger partial charge in [-0.15, -0.1) is 0 Å². The van der Waals surface area contributed by atoms with Crippen molar-refractivity contribution in [2.75, 3.05) is 17.1 Å². The highest BCUT2D eigenvalue weighted by Gasteiger charge is 2.24. The van der Waals surface area contributed by atoms with Crippen LogP contribution in [0.15, 0.2) is 42.5 Å². The molecule has 5 nitrogen and oxygen atoms in total. The molecule has 6 heteroatoms. The molecule has 0 fully saturated rings. The number of hydrogen-bond donors (Lipinski definition) is 1. The molecule has 3 rings (SSSR count). The van der Waals surface area contributed by atoms with Gasteiger partial charge in [-0.2, -0.15) is 0 Å². The van der Waals surface area contributed by atoms with Crippen LogP contribution in [0, 0.1) is 6.92 Å². The summed E-state index contributed by atoms with van der Waals surface area (Å²) in [5.74, 6) is -0.109. The number of amides is 1. The molecule has 0 saturated carbocycles. The molecular formula is C20H24N2O3S. The minimum absolute atomic E-state index is 0.0286. The van der Waals surface area contributed by atoms with E-state index in [1.54, 1.807) is 31.2 Å². The van der Waals surface area contributed by atoms with Crippen molar-refractivity contribution in [3.63, 3.8) is 0 Å². The number of hydrogen-bond acceptors (Lipinski definition) is 3. The van der Waals surface area contributed by atoms with Crippen molar-refractivity contribution in [2.45, 2.75) is 32.7 Å². The maximum absolute atomic E-state index is 12.6. The predicted octanol–water partition coefficient (Wildman–Crippen LogP) is 3.20. The highest BCUT2D eigenvalue weighted by molar-refractivity contribution is 7.92. The number of carbonyl (C=O) groups is 1. The maximum Gasteiger partial charge on any atom is 0.251 e. The molecule has 1 atom stereocenters. The van der Waals surface area contributed by atoms with E-state index in [1.165, 1.54) is 28.0 Å². The molecule has 0 radical (unpaired) electrons. The fourth-order valence-corrected chi connectivity index (χ4v) is 4.15. The minimum Gasteiger partial charge on any atom is -0.345 e. The van der Waals surface area contributed by atoms with Crippen molar-refractivity contribution in [1.29, 1.82) is 0 Å². The van der Waals surface area contributed by atoms with Gasteiger partial charge in [0.2, 0.25) is 10.0 Å². The smallest absolute Gasteiger partial charge is 0.251 e. The van der Waals surface area contributed by atoms with Gasteiger partial charge in [-0.1, -0.05) is 23.8 Å². The quantitative estimate of drug-likeness (QED) is 0.876. The standard InChI is InChI=1S/C20H24N2O3S/c1-4-26(24,25)22(3)17-9-6-15(7-10-17)20(23)21-19-12-8-16-13-14(2)5-11-18(16)19/h5-7,9-11,13,19H,4,8,12H2,1-3H3,(H,21,23)/t19-/m0/s1. The van der Waals surface area contributed by atoms with Crippen LogP contribution in [0.3, 0.4) is 0 Å². The highest BCUT2D eigenvalue weighted by atomic mass is 32.2. The third kappa shape index (κ3) is 3.60. The van der Waals surface area contributed by atoms with E-state index in [0.717, 1.165) is 12.8 Å². The number of sulfonamides is 1. The van der Waals surface area contributed by atoms with Gasteiger partial charge in [-0.3, -0.25) is 9.10 Å². The fraction of sp³-hybridized carbons (Fsp3) is 0.350. The Hall–Kier alpha value is -2.34. The van der Waals surface area contributed by atoms with Crippen LogP contribution < -0.4 is 9.62 Å². The number of aryl methyl sites for hydroxylation is 2. The van der Waals surface area contributed by atoms with Crippen LogP contribution in [-0.4, -0.2) is 27.1 Å². The first kappa shape index (κ1) is 18.5.